The van der Waals surface area contributed by atoms with Gasteiger partial charge in [0.1, 0.15) is 24.4 Å². The molecule has 0 bridgehead atoms. The van der Waals surface area contributed by atoms with E-state index in [-0.39, 0.29) is 6.10 Å². The number of aliphatic hydroxyl groups is 4. The molecule has 7 atom stereocenters. The molecule has 6 nitrogen and oxygen atoms in total. The van der Waals surface area contributed by atoms with Gasteiger partial charge in [-0.25, -0.2) is 0 Å². The fourth-order valence-corrected chi connectivity index (χ4v) is 3.35. The van der Waals surface area contributed by atoms with Crippen molar-refractivity contribution in [1.29, 1.82) is 0 Å². The lowest BCUT2D eigenvalue weighted by Gasteiger charge is -2.41. The molecule has 0 radical (unpaired) electrons. The number of unbranched alkanes of at least 4 members (excludes halogenated alkanes) is 3. The van der Waals surface area contributed by atoms with Gasteiger partial charge in [0, 0.05) is 0 Å². The molecule has 26 heavy (non-hydrogen) atoms. The van der Waals surface area contributed by atoms with Gasteiger partial charge in [0.2, 0.25) is 0 Å². The molecule has 0 amide bonds. The Bertz CT molecular complexity index is 351. The lowest BCUT2D eigenvalue weighted by molar-refractivity contribution is -0.312. The van der Waals surface area contributed by atoms with Crippen LogP contribution in [0.15, 0.2) is 0 Å². The highest BCUT2D eigenvalue weighted by molar-refractivity contribution is 4.89. The van der Waals surface area contributed by atoms with Crippen LogP contribution in [-0.2, 0) is 9.47 Å². The molecule has 1 aliphatic heterocycles. The first kappa shape index (κ1) is 23.8. The first-order valence-electron chi connectivity index (χ1n) is 10.4. The van der Waals surface area contributed by atoms with Crippen LogP contribution in [0.25, 0.3) is 0 Å². The molecule has 1 saturated heterocycles. The van der Waals surface area contributed by atoms with Crippen molar-refractivity contribution in [2.24, 2.45) is 5.92 Å². The van der Waals surface area contributed by atoms with Crippen LogP contribution in [0.5, 0.6) is 0 Å². The topological polar surface area (TPSA) is 99.4 Å². The van der Waals surface area contributed by atoms with Crippen LogP contribution in [0.2, 0.25) is 0 Å². The van der Waals surface area contributed by atoms with Gasteiger partial charge in [-0.05, 0) is 18.8 Å². The third-order valence-electron chi connectivity index (χ3n) is 5.47. The Morgan fingerprint density at radius 2 is 1.58 bits per heavy atom. The van der Waals surface area contributed by atoms with E-state index in [2.05, 4.69) is 20.8 Å². The molecule has 6 heteroatoms. The van der Waals surface area contributed by atoms with Crippen LogP contribution in [0.3, 0.4) is 0 Å². The molecule has 0 spiro atoms. The largest absolute Gasteiger partial charge is 0.394 e. The highest BCUT2D eigenvalue weighted by Gasteiger charge is 2.44. The molecule has 0 aromatic rings. The maximum Gasteiger partial charge on any atom is 0.186 e. The molecule has 4 N–H and O–H groups in total. The van der Waals surface area contributed by atoms with Gasteiger partial charge in [0.15, 0.2) is 6.29 Å². The van der Waals surface area contributed by atoms with Gasteiger partial charge in [0.25, 0.3) is 0 Å². The summed E-state index contributed by atoms with van der Waals surface area (Å²) >= 11 is 0. The third kappa shape index (κ3) is 7.79. The summed E-state index contributed by atoms with van der Waals surface area (Å²) in [5.74, 6) is 0.683. The van der Waals surface area contributed by atoms with Crippen molar-refractivity contribution in [3.63, 3.8) is 0 Å². The quantitative estimate of drug-likeness (QED) is 0.368. The summed E-state index contributed by atoms with van der Waals surface area (Å²) in [6.45, 7) is 6.18. The lowest BCUT2D eigenvalue weighted by Crippen LogP contribution is -2.59. The Labute approximate surface area is 158 Å². The predicted octanol–water partition coefficient (Wildman–Crippen LogP) is 2.36. The molecule has 0 saturated carbocycles. The van der Waals surface area contributed by atoms with Gasteiger partial charge in [-0.3, -0.25) is 0 Å². The van der Waals surface area contributed by atoms with Crippen molar-refractivity contribution >= 4 is 0 Å². The SMILES string of the molecule is CCCCCCC(CCCC(C)CC)OC1O[C@H](CO)[C@@H](O)[C@H](O)[C@H]1O. The van der Waals surface area contributed by atoms with Crippen LogP contribution < -0.4 is 0 Å². The molecule has 156 valence electrons. The van der Waals surface area contributed by atoms with Gasteiger partial charge >= 0.3 is 0 Å². The normalized spacial score (nSPS) is 31.7. The van der Waals surface area contributed by atoms with Crippen LogP contribution in [-0.4, -0.2) is 63.8 Å². The Morgan fingerprint density at radius 1 is 0.885 bits per heavy atom. The van der Waals surface area contributed by atoms with Crippen molar-refractivity contribution in [2.75, 3.05) is 6.61 Å². The zero-order valence-electron chi connectivity index (χ0n) is 16.7. The zero-order valence-corrected chi connectivity index (χ0v) is 16.7. The Morgan fingerprint density at radius 3 is 2.19 bits per heavy atom. The Balaban J connectivity index is 2.60. The second-order valence-corrected chi connectivity index (χ2v) is 7.75. The molecule has 0 aliphatic carbocycles. The minimum absolute atomic E-state index is 0.0580. The average Bonchev–Trinajstić information content (AvgIpc) is 2.64. The van der Waals surface area contributed by atoms with Crippen LogP contribution in [0.1, 0.15) is 78.6 Å². The molecule has 3 unspecified atom stereocenters. The van der Waals surface area contributed by atoms with E-state index in [4.69, 9.17) is 9.47 Å². The Hall–Kier alpha value is -0.240. The minimum Gasteiger partial charge on any atom is -0.394 e. The minimum atomic E-state index is -1.38. The summed E-state index contributed by atoms with van der Waals surface area (Å²) in [7, 11) is 0. The first-order valence-corrected chi connectivity index (χ1v) is 10.4. The second-order valence-electron chi connectivity index (χ2n) is 7.75. The highest BCUT2D eigenvalue weighted by Crippen LogP contribution is 2.26. The number of rotatable bonds is 13. The number of hydrogen-bond acceptors (Lipinski definition) is 6. The second kappa shape index (κ2) is 13.0. The van der Waals surface area contributed by atoms with E-state index in [1.54, 1.807) is 0 Å². The molecular formula is C20H40O6. The fourth-order valence-electron chi connectivity index (χ4n) is 3.35. The van der Waals surface area contributed by atoms with Crippen LogP contribution in [0.4, 0.5) is 0 Å². The van der Waals surface area contributed by atoms with Crippen molar-refractivity contribution in [2.45, 2.75) is 115 Å². The van der Waals surface area contributed by atoms with Crippen molar-refractivity contribution < 1.29 is 29.9 Å². The van der Waals surface area contributed by atoms with Crippen molar-refractivity contribution in [3.8, 4) is 0 Å². The number of hydrogen-bond donors (Lipinski definition) is 4. The van der Waals surface area contributed by atoms with Gasteiger partial charge in [-0.1, -0.05) is 65.7 Å². The van der Waals surface area contributed by atoms with Gasteiger partial charge in [-0.15, -0.1) is 0 Å². The summed E-state index contributed by atoms with van der Waals surface area (Å²) in [5.41, 5.74) is 0. The van der Waals surface area contributed by atoms with E-state index in [1.807, 2.05) is 0 Å². The Kier molecular flexibility index (Phi) is 11.9. The fraction of sp³-hybridized carbons (Fsp3) is 1.00. The van der Waals surface area contributed by atoms with E-state index in [0.717, 1.165) is 44.9 Å². The maximum atomic E-state index is 10.2. The summed E-state index contributed by atoms with van der Waals surface area (Å²) < 4.78 is 11.5. The molecule has 0 aromatic carbocycles. The monoisotopic (exact) mass is 376 g/mol. The van der Waals surface area contributed by atoms with E-state index in [1.165, 1.54) is 12.8 Å². The summed E-state index contributed by atoms with van der Waals surface area (Å²) in [6.07, 6.45) is 3.64. The molecule has 1 fully saturated rings. The number of ether oxygens (including phenoxy) is 2. The smallest absolute Gasteiger partial charge is 0.186 e. The predicted molar refractivity (Wildman–Crippen MR) is 101 cm³/mol. The van der Waals surface area contributed by atoms with Crippen LogP contribution in [0, 0.1) is 5.92 Å². The maximum absolute atomic E-state index is 10.2. The standard InChI is InChI=1S/C20H40O6/c1-4-6-7-8-11-15(12-9-10-14(3)5-2)25-20-19(24)18(23)17(22)16(13-21)26-20/h14-24H,4-13H2,1-3H3/t14?,15?,16-,17-,18+,19-,20?/m1/s1. The van der Waals surface area contributed by atoms with Crippen LogP contribution >= 0.6 is 0 Å². The van der Waals surface area contributed by atoms with E-state index in [0.29, 0.717) is 5.92 Å². The average molecular weight is 377 g/mol. The lowest BCUT2D eigenvalue weighted by atomic mass is 9.97. The van der Waals surface area contributed by atoms with E-state index < -0.39 is 37.3 Å². The summed E-state index contributed by atoms with van der Waals surface area (Å²) in [5, 5.41) is 39.3. The number of aliphatic hydroxyl groups excluding tert-OH is 4. The third-order valence-corrected chi connectivity index (χ3v) is 5.47. The molecule has 1 rings (SSSR count). The van der Waals surface area contributed by atoms with Gasteiger partial charge < -0.3 is 29.9 Å². The van der Waals surface area contributed by atoms with E-state index >= 15 is 0 Å². The zero-order chi connectivity index (χ0) is 19.5. The van der Waals surface area contributed by atoms with E-state index in [9.17, 15) is 20.4 Å². The summed E-state index contributed by atoms with van der Waals surface area (Å²) in [6, 6.07) is 0. The molecule has 0 aromatic heterocycles. The molecule has 1 aliphatic rings. The summed E-state index contributed by atoms with van der Waals surface area (Å²) in [4.78, 5) is 0. The van der Waals surface area contributed by atoms with Crippen molar-refractivity contribution in [3.05, 3.63) is 0 Å². The van der Waals surface area contributed by atoms with Crippen molar-refractivity contribution in [1.82, 2.24) is 0 Å². The molecular weight excluding hydrogens is 336 g/mol. The highest BCUT2D eigenvalue weighted by atomic mass is 16.7. The van der Waals surface area contributed by atoms with Gasteiger partial charge in [-0.2, -0.15) is 0 Å². The first-order chi connectivity index (χ1) is 12.4. The van der Waals surface area contributed by atoms with Gasteiger partial charge in [0.05, 0.1) is 12.7 Å². The molecule has 1 heterocycles.